The zero-order valence-corrected chi connectivity index (χ0v) is 14.6. The van der Waals surface area contributed by atoms with Crippen molar-refractivity contribution < 1.29 is 8.42 Å². The molecule has 3 rings (SSSR count). The predicted molar refractivity (Wildman–Crippen MR) is 86.5 cm³/mol. The lowest BCUT2D eigenvalue weighted by Gasteiger charge is -2.36. The highest BCUT2D eigenvalue weighted by atomic mass is 32.2. The maximum absolute atomic E-state index is 12.2. The van der Waals surface area contributed by atoms with Crippen molar-refractivity contribution in [3.05, 3.63) is 16.1 Å². The molecule has 1 aliphatic carbocycles. The minimum atomic E-state index is -2.98. The first-order valence-electron chi connectivity index (χ1n) is 7.65. The van der Waals surface area contributed by atoms with E-state index < -0.39 is 15.4 Å². The van der Waals surface area contributed by atoms with E-state index >= 15 is 0 Å². The molecule has 4 nitrogen and oxygen atoms in total. The van der Waals surface area contributed by atoms with Gasteiger partial charge < -0.3 is 5.32 Å². The fourth-order valence-corrected chi connectivity index (χ4v) is 6.09. The van der Waals surface area contributed by atoms with E-state index in [0.717, 1.165) is 36.4 Å². The fourth-order valence-electron chi connectivity index (χ4n) is 2.91. The van der Waals surface area contributed by atoms with Crippen LogP contribution in [-0.4, -0.2) is 30.9 Å². The number of thiazole rings is 1. The summed E-state index contributed by atoms with van der Waals surface area (Å²) in [6.07, 6.45) is 3.91. The zero-order chi connectivity index (χ0) is 15.3. The van der Waals surface area contributed by atoms with Gasteiger partial charge in [0, 0.05) is 16.8 Å². The van der Waals surface area contributed by atoms with Crippen LogP contribution in [-0.2, 0) is 20.8 Å². The highest BCUT2D eigenvalue weighted by Gasteiger charge is 2.45. The number of sulfone groups is 1. The third-order valence-corrected chi connectivity index (χ3v) is 7.15. The summed E-state index contributed by atoms with van der Waals surface area (Å²) in [7, 11) is -2.98. The molecular formula is C15H24N2O2S2. The molecule has 1 aromatic heterocycles. The summed E-state index contributed by atoms with van der Waals surface area (Å²) in [5, 5.41) is 6.66. The van der Waals surface area contributed by atoms with Crippen molar-refractivity contribution in [3.63, 3.8) is 0 Å². The monoisotopic (exact) mass is 328 g/mol. The van der Waals surface area contributed by atoms with E-state index in [9.17, 15) is 8.42 Å². The average molecular weight is 329 g/mol. The summed E-state index contributed by atoms with van der Waals surface area (Å²) >= 11 is 1.61. The van der Waals surface area contributed by atoms with Crippen LogP contribution in [0.1, 0.15) is 57.2 Å². The average Bonchev–Trinajstić information content (AvgIpc) is 2.99. The Balaban J connectivity index is 1.97. The normalized spacial score (nSPS) is 29.5. The van der Waals surface area contributed by atoms with Gasteiger partial charge in [-0.3, -0.25) is 0 Å². The van der Waals surface area contributed by atoms with Gasteiger partial charge in [0.1, 0.15) is 5.01 Å². The number of aromatic nitrogens is 1. The molecule has 1 unspecified atom stereocenters. The Morgan fingerprint density at radius 1 is 1.38 bits per heavy atom. The summed E-state index contributed by atoms with van der Waals surface area (Å²) in [6, 6.07) is 0.472. The quantitative estimate of drug-likeness (QED) is 0.926. The van der Waals surface area contributed by atoms with Gasteiger partial charge in [-0.1, -0.05) is 20.8 Å². The second-order valence-electron chi connectivity index (χ2n) is 7.48. The van der Waals surface area contributed by atoms with E-state index in [1.807, 2.05) is 0 Å². The maximum atomic E-state index is 12.2. The Morgan fingerprint density at radius 3 is 2.62 bits per heavy atom. The third-order valence-electron chi connectivity index (χ3n) is 4.26. The van der Waals surface area contributed by atoms with Crippen LogP contribution < -0.4 is 5.32 Å². The first-order chi connectivity index (χ1) is 9.70. The highest BCUT2D eigenvalue weighted by Crippen LogP contribution is 2.39. The van der Waals surface area contributed by atoms with E-state index in [1.165, 1.54) is 0 Å². The summed E-state index contributed by atoms with van der Waals surface area (Å²) in [4.78, 5) is 4.82. The molecule has 1 saturated carbocycles. The molecule has 1 aromatic rings. The van der Waals surface area contributed by atoms with Gasteiger partial charge in [0.15, 0.2) is 9.84 Å². The van der Waals surface area contributed by atoms with Crippen molar-refractivity contribution in [1.82, 2.24) is 10.3 Å². The Kier molecular flexibility index (Phi) is 3.70. The molecule has 2 aliphatic rings. The van der Waals surface area contributed by atoms with Gasteiger partial charge in [-0.15, -0.1) is 11.3 Å². The molecular weight excluding hydrogens is 304 g/mol. The highest BCUT2D eigenvalue weighted by molar-refractivity contribution is 7.91. The van der Waals surface area contributed by atoms with Gasteiger partial charge in [-0.2, -0.15) is 0 Å². The molecule has 0 spiro atoms. The molecule has 0 amide bonds. The van der Waals surface area contributed by atoms with E-state index in [0.29, 0.717) is 11.8 Å². The van der Waals surface area contributed by atoms with E-state index in [4.69, 9.17) is 4.98 Å². The Labute approximate surface area is 131 Å². The molecule has 6 heteroatoms. The lowest BCUT2D eigenvalue weighted by Crippen LogP contribution is -2.52. The summed E-state index contributed by atoms with van der Waals surface area (Å²) in [6.45, 7) is 6.43. The van der Waals surface area contributed by atoms with Crippen LogP contribution in [0.4, 0.5) is 0 Å². The molecule has 0 aromatic carbocycles. The standard InChI is InChI=1S/C15H24N2O2S2/c1-14(2,3)12-9-20-13(16-12)15(17-11-5-6-11)7-4-8-21(18,19)10-15/h9,11,17H,4-8,10H2,1-3H3. The van der Waals surface area contributed by atoms with Gasteiger partial charge in [-0.25, -0.2) is 13.4 Å². The number of nitrogens with zero attached hydrogens (tertiary/aromatic N) is 1. The molecule has 1 aliphatic heterocycles. The van der Waals surface area contributed by atoms with Crippen molar-refractivity contribution in [1.29, 1.82) is 0 Å². The number of hydrogen-bond acceptors (Lipinski definition) is 5. The Bertz CT molecular complexity index is 626. The van der Waals surface area contributed by atoms with E-state index in [-0.39, 0.29) is 11.2 Å². The molecule has 0 radical (unpaired) electrons. The predicted octanol–water partition coefficient (Wildman–Crippen LogP) is 2.60. The SMILES string of the molecule is CC(C)(C)c1csc(C2(NC3CC3)CCCS(=O)(=O)C2)n1. The molecule has 0 bridgehead atoms. The van der Waals surface area contributed by atoms with Crippen LogP contribution in [0.2, 0.25) is 0 Å². The summed E-state index contributed by atoms with van der Waals surface area (Å²) in [5.74, 6) is 0.520. The molecule has 1 atom stereocenters. The molecule has 1 saturated heterocycles. The number of rotatable bonds is 3. The number of hydrogen-bond donors (Lipinski definition) is 1. The van der Waals surface area contributed by atoms with Gasteiger partial charge in [0.2, 0.25) is 0 Å². The van der Waals surface area contributed by atoms with Crippen molar-refractivity contribution >= 4 is 21.2 Å². The fraction of sp³-hybridized carbons (Fsp3) is 0.800. The van der Waals surface area contributed by atoms with Crippen molar-refractivity contribution in [3.8, 4) is 0 Å². The topological polar surface area (TPSA) is 59.1 Å². The van der Waals surface area contributed by atoms with Crippen LogP contribution in [0, 0.1) is 0 Å². The zero-order valence-electron chi connectivity index (χ0n) is 13.0. The first-order valence-corrected chi connectivity index (χ1v) is 10.3. The maximum Gasteiger partial charge on any atom is 0.152 e. The van der Waals surface area contributed by atoms with Crippen molar-refractivity contribution in [2.24, 2.45) is 0 Å². The molecule has 21 heavy (non-hydrogen) atoms. The number of nitrogens with one attached hydrogen (secondary N) is 1. The van der Waals surface area contributed by atoms with E-state index in [1.54, 1.807) is 11.3 Å². The van der Waals surface area contributed by atoms with Crippen LogP contribution in [0.3, 0.4) is 0 Å². The van der Waals surface area contributed by atoms with Crippen molar-refractivity contribution in [2.45, 2.75) is 63.5 Å². The second kappa shape index (κ2) is 5.03. The lowest BCUT2D eigenvalue weighted by atomic mass is 9.92. The summed E-state index contributed by atoms with van der Waals surface area (Å²) in [5.41, 5.74) is 0.609. The molecule has 2 fully saturated rings. The Hall–Kier alpha value is -0.460. The minimum Gasteiger partial charge on any atom is -0.302 e. The lowest BCUT2D eigenvalue weighted by molar-refractivity contribution is 0.321. The van der Waals surface area contributed by atoms with Crippen LogP contribution >= 0.6 is 11.3 Å². The first kappa shape index (κ1) is 15.4. The molecule has 1 N–H and O–H groups in total. The van der Waals surface area contributed by atoms with Crippen LogP contribution in [0.5, 0.6) is 0 Å². The Morgan fingerprint density at radius 2 is 2.10 bits per heavy atom. The molecule has 118 valence electrons. The summed E-state index contributed by atoms with van der Waals surface area (Å²) < 4.78 is 24.4. The minimum absolute atomic E-state index is 0.00304. The largest absolute Gasteiger partial charge is 0.302 e. The smallest absolute Gasteiger partial charge is 0.152 e. The van der Waals surface area contributed by atoms with Gasteiger partial charge in [-0.05, 0) is 25.7 Å². The third kappa shape index (κ3) is 3.32. The van der Waals surface area contributed by atoms with Crippen molar-refractivity contribution in [2.75, 3.05) is 11.5 Å². The molecule has 2 heterocycles. The van der Waals surface area contributed by atoms with Gasteiger partial charge in [0.25, 0.3) is 0 Å². The van der Waals surface area contributed by atoms with E-state index in [2.05, 4.69) is 31.5 Å². The van der Waals surface area contributed by atoms with Crippen LogP contribution in [0.25, 0.3) is 0 Å². The van der Waals surface area contributed by atoms with Gasteiger partial charge in [0.05, 0.1) is 22.7 Å². The van der Waals surface area contributed by atoms with Crippen LogP contribution in [0.15, 0.2) is 5.38 Å². The second-order valence-corrected chi connectivity index (χ2v) is 10.5. The van der Waals surface area contributed by atoms with Gasteiger partial charge >= 0.3 is 0 Å².